The van der Waals surface area contributed by atoms with E-state index in [4.69, 9.17) is 21.1 Å². The summed E-state index contributed by atoms with van der Waals surface area (Å²) >= 11 is 6.15. The van der Waals surface area contributed by atoms with Crippen molar-refractivity contribution in [1.82, 2.24) is 14.9 Å². The first-order valence-electron chi connectivity index (χ1n) is 12.0. The number of carbonyl (C=O) groups excluding carboxylic acids is 1. The number of alkyl halides is 1. The second kappa shape index (κ2) is 11.7. The molecule has 1 fully saturated rings. The number of anilines is 2. The highest BCUT2D eigenvalue weighted by molar-refractivity contribution is 6.22. The van der Waals surface area contributed by atoms with Crippen molar-refractivity contribution in [1.29, 1.82) is 0 Å². The van der Waals surface area contributed by atoms with Crippen LogP contribution >= 0.6 is 11.6 Å². The number of amides is 1. The Balaban J connectivity index is 1.62. The van der Waals surface area contributed by atoms with Gasteiger partial charge in [-0.3, -0.25) is 9.59 Å². The molecule has 2 aromatic rings. The van der Waals surface area contributed by atoms with Crippen LogP contribution in [0.25, 0.3) is 0 Å². The molecule has 1 aromatic heterocycles. The number of hydrogen-bond acceptors (Lipinski definition) is 6. The van der Waals surface area contributed by atoms with Crippen LogP contribution in [0, 0.1) is 5.82 Å². The molecule has 0 radical (unpaired) electrons. The van der Waals surface area contributed by atoms with Gasteiger partial charge in [-0.25, -0.2) is 4.39 Å². The van der Waals surface area contributed by atoms with Crippen LogP contribution in [0.1, 0.15) is 43.5 Å². The van der Waals surface area contributed by atoms with Crippen molar-refractivity contribution in [3.8, 4) is 5.75 Å². The van der Waals surface area contributed by atoms with Gasteiger partial charge in [0.2, 0.25) is 5.95 Å². The van der Waals surface area contributed by atoms with E-state index < -0.39 is 17.3 Å². The third-order valence-electron chi connectivity index (χ3n) is 5.82. The molecule has 0 bridgehead atoms. The van der Waals surface area contributed by atoms with E-state index in [1.165, 1.54) is 18.3 Å². The molecule has 1 aromatic carbocycles. The van der Waals surface area contributed by atoms with Gasteiger partial charge in [0, 0.05) is 37.2 Å². The Labute approximate surface area is 214 Å². The number of ether oxygens (including phenoxy) is 2. The van der Waals surface area contributed by atoms with Crippen LogP contribution in [-0.2, 0) is 11.3 Å². The standard InChI is InChI=1S/C26H30ClFN4O4/c1-16(2)36-23-8-7-20(13-22(23)28)30-26-31-25(34)21(24(33)29-19-9-11-35-12-10-19)15-32(26)14-17-3-5-18(27)6-4-17/h3-5,7-8,13,15-16,18-19H,6,9-12,14H2,1-2H3,(H,29,33)(H,30,31,34). The molecular weight excluding hydrogens is 487 g/mol. The summed E-state index contributed by atoms with van der Waals surface area (Å²) in [6, 6.07) is 4.37. The van der Waals surface area contributed by atoms with Gasteiger partial charge in [-0.1, -0.05) is 18.2 Å². The smallest absolute Gasteiger partial charge is 0.287 e. The molecule has 1 unspecified atom stereocenters. The number of allylic oxidation sites excluding steroid dienone is 4. The lowest BCUT2D eigenvalue weighted by Crippen LogP contribution is -2.41. The van der Waals surface area contributed by atoms with E-state index in [9.17, 15) is 14.0 Å². The van der Waals surface area contributed by atoms with Crippen LogP contribution in [0.15, 0.2) is 53.0 Å². The number of rotatable bonds is 8. The number of aromatic nitrogens is 2. The largest absolute Gasteiger partial charge is 0.488 e. The van der Waals surface area contributed by atoms with Crippen LogP contribution in [-0.4, -0.2) is 46.2 Å². The Hall–Kier alpha value is -3.17. The zero-order valence-corrected chi connectivity index (χ0v) is 21.1. The maximum atomic E-state index is 14.5. The zero-order chi connectivity index (χ0) is 25.7. The summed E-state index contributed by atoms with van der Waals surface area (Å²) in [4.78, 5) is 29.9. The first kappa shape index (κ1) is 25.9. The minimum Gasteiger partial charge on any atom is -0.488 e. The lowest BCUT2D eigenvalue weighted by atomic mass is 10.1. The molecule has 4 rings (SSSR count). The number of carbonyl (C=O) groups is 1. The third kappa shape index (κ3) is 6.73. The van der Waals surface area contributed by atoms with E-state index in [0.29, 0.717) is 44.7 Å². The van der Waals surface area contributed by atoms with Gasteiger partial charge in [0.15, 0.2) is 11.6 Å². The van der Waals surface area contributed by atoms with E-state index in [1.54, 1.807) is 10.6 Å². The summed E-state index contributed by atoms with van der Waals surface area (Å²) < 4.78 is 27.0. The Morgan fingerprint density at radius 2 is 2.11 bits per heavy atom. The molecule has 192 valence electrons. The number of nitrogens with zero attached hydrogens (tertiary/aromatic N) is 2. The number of hydrogen-bond donors (Lipinski definition) is 2. The predicted molar refractivity (Wildman–Crippen MR) is 137 cm³/mol. The topological polar surface area (TPSA) is 94.5 Å². The molecule has 2 heterocycles. The molecule has 0 saturated carbocycles. The van der Waals surface area contributed by atoms with Gasteiger partial charge >= 0.3 is 0 Å². The molecule has 0 spiro atoms. The van der Waals surface area contributed by atoms with Gasteiger partial charge in [0.05, 0.1) is 18.0 Å². The third-order valence-corrected chi connectivity index (χ3v) is 6.15. The molecule has 1 atom stereocenters. The number of benzene rings is 1. The summed E-state index contributed by atoms with van der Waals surface area (Å²) in [5.74, 6) is -0.702. The summed E-state index contributed by atoms with van der Waals surface area (Å²) in [6.07, 6.45) is 9.15. The zero-order valence-electron chi connectivity index (χ0n) is 20.3. The van der Waals surface area contributed by atoms with E-state index in [2.05, 4.69) is 15.6 Å². The molecule has 8 nitrogen and oxygen atoms in total. The highest BCUT2D eigenvalue weighted by Crippen LogP contribution is 2.25. The van der Waals surface area contributed by atoms with Gasteiger partial charge in [0.1, 0.15) is 5.56 Å². The van der Waals surface area contributed by atoms with Crippen molar-refractivity contribution >= 4 is 29.1 Å². The van der Waals surface area contributed by atoms with Gasteiger partial charge in [-0.2, -0.15) is 4.98 Å². The van der Waals surface area contributed by atoms with Gasteiger partial charge in [0.25, 0.3) is 11.5 Å². The van der Waals surface area contributed by atoms with Crippen molar-refractivity contribution in [3.05, 3.63) is 69.9 Å². The highest BCUT2D eigenvalue weighted by atomic mass is 35.5. The summed E-state index contributed by atoms with van der Waals surface area (Å²) in [5.41, 5.74) is 0.600. The lowest BCUT2D eigenvalue weighted by molar-refractivity contribution is 0.0695. The maximum absolute atomic E-state index is 14.5. The molecule has 1 aliphatic carbocycles. The van der Waals surface area contributed by atoms with Gasteiger partial charge in [-0.15, -0.1) is 11.6 Å². The summed E-state index contributed by atoms with van der Waals surface area (Å²) in [7, 11) is 0. The molecule has 1 amide bonds. The molecule has 1 aliphatic heterocycles. The van der Waals surface area contributed by atoms with E-state index in [1.807, 2.05) is 32.1 Å². The average Bonchev–Trinajstić information content (AvgIpc) is 2.84. The molecule has 36 heavy (non-hydrogen) atoms. The Bertz CT molecular complexity index is 1220. The van der Waals surface area contributed by atoms with Crippen molar-refractivity contribution < 1.29 is 18.7 Å². The average molecular weight is 517 g/mol. The normalized spacial score (nSPS) is 18.1. The van der Waals surface area contributed by atoms with Crippen LogP contribution < -0.4 is 20.9 Å². The summed E-state index contributed by atoms with van der Waals surface area (Å²) in [5, 5.41) is 5.84. The van der Waals surface area contributed by atoms with Crippen LogP contribution in [0.3, 0.4) is 0 Å². The number of halogens is 2. The van der Waals surface area contributed by atoms with Gasteiger partial charge < -0.3 is 24.7 Å². The fraction of sp³-hybridized carbons (Fsp3) is 0.423. The van der Waals surface area contributed by atoms with Crippen LogP contribution in [0.2, 0.25) is 0 Å². The van der Waals surface area contributed by atoms with E-state index in [0.717, 1.165) is 5.57 Å². The first-order chi connectivity index (χ1) is 17.3. The quantitative estimate of drug-likeness (QED) is 0.508. The summed E-state index contributed by atoms with van der Waals surface area (Å²) in [6.45, 7) is 5.10. The van der Waals surface area contributed by atoms with Crippen LogP contribution in [0.5, 0.6) is 5.75 Å². The first-order valence-corrected chi connectivity index (χ1v) is 12.5. The van der Waals surface area contributed by atoms with Crippen molar-refractivity contribution in [2.45, 2.75) is 57.2 Å². The van der Waals surface area contributed by atoms with E-state index >= 15 is 0 Å². The van der Waals surface area contributed by atoms with Crippen molar-refractivity contribution in [3.63, 3.8) is 0 Å². The molecule has 2 aliphatic rings. The molecule has 1 saturated heterocycles. The Morgan fingerprint density at radius 3 is 2.78 bits per heavy atom. The Morgan fingerprint density at radius 1 is 1.33 bits per heavy atom. The fourth-order valence-electron chi connectivity index (χ4n) is 3.98. The second-order valence-electron chi connectivity index (χ2n) is 9.10. The minimum absolute atomic E-state index is 0.0592. The lowest BCUT2D eigenvalue weighted by Gasteiger charge is -2.23. The van der Waals surface area contributed by atoms with Crippen molar-refractivity contribution in [2.75, 3.05) is 18.5 Å². The van der Waals surface area contributed by atoms with Gasteiger partial charge in [-0.05, 0) is 50.8 Å². The molecule has 2 N–H and O–H groups in total. The predicted octanol–water partition coefficient (Wildman–Crippen LogP) is 4.32. The monoisotopic (exact) mass is 516 g/mol. The number of nitrogens with one attached hydrogen (secondary N) is 2. The second-order valence-corrected chi connectivity index (χ2v) is 9.66. The highest BCUT2D eigenvalue weighted by Gasteiger charge is 2.21. The van der Waals surface area contributed by atoms with Crippen LogP contribution in [0.4, 0.5) is 16.0 Å². The SMILES string of the molecule is CC(C)Oc1ccc(Nc2nc(=O)c(C(=O)NC3CCOCC3)cn2CC2=CCC(Cl)C=C2)cc1F. The van der Waals surface area contributed by atoms with Crippen molar-refractivity contribution in [2.24, 2.45) is 0 Å². The minimum atomic E-state index is -0.674. The molecular formula is C26H30ClFN4O4. The maximum Gasteiger partial charge on any atom is 0.287 e. The Kier molecular flexibility index (Phi) is 8.43. The van der Waals surface area contributed by atoms with E-state index in [-0.39, 0.29) is 34.8 Å². The molecule has 10 heteroatoms. The fourth-order valence-corrected chi connectivity index (χ4v) is 4.15.